The largest absolute Gasteiger partial charge is 0.383 e. The lowest BCUT2D eigenvalue weighted by Crippen LogP contribution is -2.31. The first-order chi connectivity index (χ1) is 10.2. The van der Waals surface area contributed by atoms with Gasteiger partial charge >= 0.3 is 0 Å². The number of allylic oxidation sites excluding steroid dienone is 2. The Hall–Kier alpha value is -2.88. The van der Waals surface area contributed by atoms with Crippen LogP contribution in [0.1, 0.15) is 20.7 Å². The molecule has 4 nitrogen and oxygen atoms in total. The number of anilines is 1. The van der Waals surface area contributed by atoms with E-state index in [4.69, 9.17) is 0 Å². The van der Waals surface area contributed by atoms with Gasteiger partial charge in [0.25, 0.3) is 0 Å². The van der Waals surface area contributed by atoms with Crippen LogP contribution in [0.5, 0.6) is 0 Å². The molecule has 2 aromatic carbocycles. The summed E-state index contributed by atoms with van der Waals surface area (Å²) in [5, 5.41) is 5.89. The maximum absolute atomic E-state index is 12.6. The number of Topliss-reactive ketones (excluding diaryl/α,β-unsaturated/α-hetero) is 2. The Kier molecular flexibility index (Phi) is 3.28. The van der Waals surface area contributed by atoms with Gasteiger partial charge in [0, 0.05) is 23.9 Å². The Morgan fingerprint density at radius 2 is 1.24 bits per heavy atom. The van der Waals surface area contributed by atoms with E-state index >= 15 is 0 Å². The fourth-order valence-electron chi connectivity index (χ4n) is 2.40. The molecule has 1 aliphatic carbocycles. The minimum Gasteiger partial charge on any atom is -0.383 e. The molecule has 0 saturated heterocycles. The summed E-state index contributed by atoms with van der Waals surface area (Å²) in [6, 6.07) is 16.2. The van der Waals surface area contributed by atoms with Gasteiger partial charge in [-0.2, -0.15) is 0 Å². The lowest BCUT2D eigenvalue weighted by atomic mass is 9.90. The number of carbonyl (C=O) groups excluding carboxylic acids is 2. The molecule has 0 radical (unpaired) electrons. The van der Waals surface area contributed by atoms with Crippen molar-refractivity contribution in [1.29, 1.82) is 0 Å². The Labute approximate surface area is 122 Å². The van der Waals surface area contributed by atoms with E-state index in [1.54, 1.807) is 31.3 Å². The minimum absolute atomic E-state index is 0.175. The summed E-state index contributed by atoms with van der Waals surface area (Å²) in [4.78, 5) is 25.1. The molecule has 0 aromatic heterocycles. The van der Waals surface area contributed by atoms with E-state index in [1.165, 1.54) is 0 Å². The molecule has 0 heterocycles. The van der Waals surface area contributed by atoms with E-state index in [0.717, 1.165) is 5.69 Å². The van der Waals surface area contributed by atoms with Crippen molar-refractivity contribution in [3.63, 3.8) is 0 Å². The maximum atomic E-state index is 12.6. The maximum Gasteiger partial charge on any atom is 0.212 e. The summed E-state index contributed by atoms with van der Waals surface area (Å²) < 4.78 is 0. The van der Waals surface area contributed by atoms with Crippen LogP contribution in [-0.2, 0) is 0 Å². The first kappa shape index (κ1) is 13.1. The smallest absolute Gasteiger partial charge is 0.212 e. The van der Waals surface area contributed by atoms with Crippen molar-refractivity contribution in [2.45, 2.75) is 0 Å². The summed E-state index contributed by atoms with van der Waals surface area (Å²) in [5.74, 6) is -0.357. The van der Waals surface area contributed by atoms with Crippen molar-refractivity contribution < 1.29 is 9.59 Å². The van der Waals surface area contributed by atoms with Gasteiger partial charge in [-0.3, -0.25) is 9.59 Å². The van der Waals surface area contributed by atoms with Crippen LogP contribution in [-0.4, -0.2) is 18.6 Å². The fraction of sp³-hybridized carbons (Fsp3) is 0.0588. The number of benzene rings is 2. The van der Waals surface area contributed by atoms with Crippen molar-refractivity contribution in [2.75, 3.05) is 12.4 Å². The van der Waals surface area contributed by atoms with Gasteiger partial charge in [0.15, 0.2) is 0 Å². The van der Waals surface area contributed by atoms with Crippen LogP contribution < -0.4 is 10.6 Å². The predicted octanol–water partition coefficient (Wildman–Crippen LogP) is 2.61. The number of nitrogens with one attached hydrogen (secondary N) is 2. The van der Waals surface area contributed by atoms with E-state index in [0.29, 0.717) is 16.8 Å². The average molecular weight is 278 g/mol. The molecule has 0 saturated carbocycles. The summed E-state index contributed by atoms with van der Waals surface area (Å²) >= 11 is 0. The highest BCUT2D eigenvalue weighted by Gasteiger charge is 2.31. The number of hydrogen-bond acceptors (Lipinski definition) is 4. The lowest BCUT2D eigenvalue weighted by molar-refractivity contribution is 0.0970. The number of para-hydroxylation sites is 1. The molecule has 0 unspecified atom stereocenters. The van der Waals surface area contributed by atoms with Gasteiger partial charge in [-0.15, -0.1) is 0 Å². The molecule has 0 amide bonds. The van der Waals surface area contributed by atoms with Crippen LogP contribution in [0.2, 0.25) is 0 Å². The molecule has 0 spiro atoms. The van der Waals surface area contributed by atoms with E-state index < -0.39 is 0 Å². The normalized spacial score (nSPS) is 14.0. The Morgan fingerprint density at radius 3 is 1.81 bits per heavy atom. The zero-order valence-corrected chi connectivity index (χ0v) is 11.5. The van der Waals surface area contributed by atoms with Crippen molar-refractivity contribution in [3.8, 4) is 0 Å². The van der Waals surface area contributed by atoms with Crippen LogP contribution >= 0.6 is 0 Å². The lowest BCUT2D eigenvalue weighted by Gasteiger charge is -2.21. The first-order valence-electron chi connectivity index (χ1n) is 6.65. The first-order valence-corrected chi connectivity index (χ1v) is 6.65. The molecule has 3 rings (SSSR count). The van der Waals surface area contributed by atoms with E-state index in [9.17, 15) is 9.59 Å². The Bertz CT molecular complexity index is 748. The highest BCUT2D eigenvalue weighted by molar-refractivity contribution is 6.27. The summed E-state index contributed by atoms with van der Waals surface area (Å²) in [6.07, 6.45) is 0. The zero-order chi connectivity index (χ0) is 14.8. The predicted molar refractivity (Wildman–Crippen MR) is 81.3 cm³/mol. The Balaban J connectivity index is 2.09. The summed E-state index contributed by atoms with van der Waals surface area (Å²) in [6.45, 7) is 0. The van der Waals surface area contributed by atoms with Crippen molar-refractivity contribution in [3.05, 3.63) is 77.1 Å². The molecule has 4 heteroatoms. The summed E-state index contributed by atoms with van der Waals surface area (Å²) in [7, 11) is 1.64. The van der Waals surface area contributed by atoms with Crippen LogP contribution in [0, 0.1) is 0 Å². The summed E-state index contributed by atoms with van der Waals surface area (Å²) in [5.41, 5.74) is 2.21. The van der Waals surface area contributed by atoms with Crippen molar-refractivity contribution in [2.24, 2.45) is 0 Å². The molecule has 104 valence electrons. The average Bonchev–Trinajstić information content (AvgIpc) is 2.54. The molecule has 1 aliphatic rings. The third-order valence-corrected chi connectivity index (χ3v) is 3.41. The molecule has 0 aliphatic heterocycles. The molecule has 0 bridgehead atoms. The number of ketones is 2. The molecular formula is C17H14N2O2. The van der Waals surface area contributed by atoms with Gasteiger partial charge in [0.2, 0.25) is 11.6 Å². The van der Waals surface area contributed by atoms with Crippen LogP contribution in [0.25, 0.3) is 0 Å². The van der Waals surface area contributed by atoms with Crippen LogP contribution in [0.4, 0.5) is 5.69 Å². The second-order valence-corrected chi connectivity index (χ2v) is 4.69. The quantitative estimate of drug-likeness (QED) is 0.906. The molecule has 0 fully saturated rings. The number of hydrogen-bond donors (Lipinski definition) is 2. The molecule has 2 aromatic rings. The molecule has 21 heavy (non-hydrogen) atoms. The SMILES string of the molecule is CNC1=C(Nc2ccccc2)C(=O)c2ccccc2C1=O. The highest BCUT2D eigenvalue weighted by atomic mass is 16.1. The topological polar surface area (TPSA) is 58.2 Å². The third kappa shape index (κ3) is 2.21. The fourth-order valence-corrected chi connectivity index (χ4v) is 2.40. The number of carbonyl (C=O) groups is 2. The number of fused-ring (bicyclic) bond motifs is 1. The minimum atomic E-state index is -0.182. The number of rotatable bonds is 3. The van der Waals surface area contributed by atoms with E-state index in [1.807, 2.05) is 30.3 Å². The van der Waals surface area contributed by atoms with Crippen LogP contribution in [0.3, 0.4) is 0 Å². The van der Waals surface area contributed by atoms with Gasteiger partial charge in [0.05, 0.1) is 0 Å². The molecule has 2 N–H and O–H groups in total. The second-order valence-electron chi connectivity index (χ2n) is 4.69. The van der Waals surface area contributed by atoms with E-state index in [2.05, 4.69) is 10.6 Å². The zero-order valence-electron chi connectivity index (χ0n) is 11.5. The third-order valence-electron chi connectivity index (χ3n) is 3.41. The highest BCUT2D eigenvalue weighted by Crippen LogP contribution is 2.25. The van der Waals surface area contributed by atoms with Gasteiger partial charge in [0.1, 0.15) is 11.4 Å². The van der Waals surface area contributed by atoms with Gasteiger partial charge in [-0.05, 0) is 12.1 Å². The Morgan fingerprint density at radius 1 is 0.714 bits per heavy atom. The standard InChI is InChI=1S/C17H14N2O2/c1-18-14-15(19-11-7-3-2-4-8-11)17(21)13-10-6-5-9-12(13)16(14)20/h2-10,18-19H,1H3. The van der Waals surface area contributed by atoms with E-state index in [-0.39, 0.29) is 17.3 Å². The number of likely N-dealkylation sites (N-methyl/N-ethyl adjacent to an activating group) is 1. The van der Waals surface area contributed by atoms with Crippen molar-refractivity contribution in [1.82, 2.24) is 5.32 Å². The van der Waals surface area contributed by atoms with Gasteiger partial charge < -0.3 is 10.6 Å². The van der Waals surface area contributed by atoms with Gasteiger partial charge in [-0.25, -0.2) is 0 Å². The second kappa shape index (κ2) is 5.25. The monoisotopic (exact) mass is 278 g/mol. The van der Waals surface area contributed by atoms with Crippen molar-refractivity contribution >= 4 is 17.3 Å². The van der Waals surface area contributed by atoms with Crippen LogP contribution in [0.15, 0.2) is 66.0 Å². The molecule has 0 atom stereocenters. The van der Waals surface area contributed by atoms with Gasteiger partial charge in [-0.1, -0.05) is 42.5 Å². The molecular weight excluding hydrogens is 264 g/mol.